The zero-order valence-corrected chi connectivity index (χ0v) is 24.3. The molecule has 3 aliphatic rings. The topological polar surface area (TPSA) is 157 Å². The van der Waals surface area contributed by atoms with Crippen LogP contribution in [0.4, 0.5) is 13.6 Å². The summed E-state index contributed by atoms with van der Waals surface area (Å²) in [4.78, 5) is 38.4. The van der Waals surface area contributed by atoms with Crippen LogP contribution in [0.3, 0.4) is 0 Å². The van der Waals surface area contributed by atoms with E-state index in [1.807, 2.05) is 0 Å². The van der Waals surface area contributed by atoms with Gasteiger partial charge in [0.2, 0.25) is 0 Å². The molecular formula is C29H26ClF2N9O4. The standard InChI is InChI=1S/C29H26ClF2N9O4/c30-21-6-5-18(7-20(21)24-34-15-35-38-24)22(10-45-28(43)39-11-29(12-39)13-44-14-29)41-25(42)23(37-27(41)33)17-3-1-16(2-4-17)19-8-36-40(9-19)26(31)32/h1-9,15,22-23,26H,10-14H2,(H2,33,37)(H,34,35,38). The molecule has 2 atom stereocenters. The van der Waals surface area contributed by atoms with Crippen LogP contribution in [-0.4, -0.2) is 85.6 Å². The number of carbonyl (C=O) groups is 2. The number of hydrogen-bond acceptors (Lipinski definition) is 9. The summed E-state index contributed by atoms with van der Waals surface area (Å²) in [7, 11) is 0. The first-order valence-electron chi connectivity index (χ1n) is 13.9. The van der Waals surface area contributed by atoms with E-state index in [0.29, 0.717) is 69.6 Å². The summed E-state index contributed by atoms with van der Waals surface area (Å²) in [5.41, 5.74) is 9.15. The lowest BCUT2D eigenvalue weighted by Gasteiger charge is -2.54. The molecule has 2 aromatic heterocycles. The molecule has 2 amide bonds. The minimum Gasteiger partial charge on any atom is -0.447 e. The van der Waals surface area contributed by atoms with Crippen molar-refractivity contribution >= 4 is 29.6 Å². The lowest BCUT2D eigenvalue weighted by atomic mass is 9.78. The number of nitrogens with two attached hydrogens (primary N) is 1. The first kappa shape index (κ1) is 28.9. The zero-order chi connectivity index (χ0) is 31.3. The van der Waals surface area contributed by atoms with Gasteiger partial charge in [-0.3, -0.25) is 14.8 Å². The maximum absolute atomic E-state index is 13.9. The molecule has 2 aromatic carbocycles. The van der Waals surface area contributed by atoms with Crippen molar-refractivity contribution in [3.63, 3.8) is 0 Å². The zero-order valence-electron chi connectivity index (χ0n) is 23.5. The number of guanidine groups is 1. The van der Waals surface area contributed by atoms with Gasteiger partial charge in [-0.2, -0.15) is 19.0 Å². The van der Waals surface area contributed by atoms with E-state index in [2.05, 4.69) is 25.3 Å². The summed E-state index contributed by atoms with van der Waals surface area (Å²) in [5.74, 6) is -0.0749. The van der Waals surface area contributed by atoms with Gasteiger partial charge in [-0.05, 0) is 28.8 Å². The van der Waals surface area contributed by atoms with Crippen molar-refractivity contribution in [2.45, 2.75) is 18.6 Å². The highest BCUT2D eigenvalue weighted by Crippen LogP contribution is 2.39. The average Bonchev–Trinajstić information content (AvgIpc) is 3.75. The number of likely N-dealkylation sites (tertiary alicyclic amines) is 1. The van der Waals surface area contributed by atoms with Crippen molar-refractivity contribution in [2.24, 2.45) is 16.1 Å². The Labute approximate surface area is 259 Å². The van der Waals surface area contributed by atoms with Crippen LogP contribution >= 0.6 is 11.6 Å². The first-order valence-corrected chi connectivity index (χ1v) is 14.3. The van der Waals surface area contributed by atoms with Gasteiger partial charge >= 0.3 is 12.6 Å². The molecular weight excluding hydrogens is 612 g/mol. The van der Waals surface area contributed by atoms with E-state index in [-0.39, 0.29) is 18.0 Å². The molecule has 0 aliphatic carbocycles. The number of benzene rings is 2. The lowest BCUT2D eigenvalue weighted by Crippen LogP contribution is -2.67. The highest BCUT2D eigenvalue weighted by Gasteiger charge is 2.51. The lowest BCUT2D eigenvalue weighted by molar-refractivity contribution is -0.180. The summed E-state index contributed by atoms with van der Waals surface area (Å²) in [5, 5.41) is 10.7. The highest BCUT2D eigenvalue weighted by atomic mass is 35.5. The van der Waals surface area contributed by atoms with E-state index < -0.39 is 30.6 Å². The molecule has 7 rings (SSSR count). The van der Waals surface area contributed by atoms with Gasteiger partial charge in [0.1, 0.15) is 12.9 Å². The SMILES string of the molecule is NC1=NC(c2ccc(-c3cnn(C(F)F)c3)cc2)C(=O)N1C(COC(=O)N1CC2(COC2)C1)c1ccc(Cl)c(-c2ncn[nH]2)c1. The van der Waals surface area contributed by atoms with Crippen molar-refractivity contribution in [2.75, 3.05) is 32.9 Å². The molecule has 16 heteroatoms. The van der Waals surface area contributed by atoms with Crippen LogP contribution in [-0.2, 0) is 14.3 Å². The Morgan fingerprint density at radius 2 is 1.96 bits per heavy atom. The Morgan fingerprint density at radius 3 is 2.60 bits per heavy atom. The smallest absolute Gasteiger partial charge is 0.409 e. The van der Waals surface area contributed by atoms with Gasteiger partial charge in [-0.25, -0.2) is 19.5 Å². The van der Waals surface area contributed by atoms with Crippen LogP contribution in [0.25, 0.3) is 22.5 Å². The number of aromatic amines is 1. The van der Waals surface area contributed by atoms with Crippen LogP contribution < -0.4 is 5.73 Å². The summed E-state index contributed by atoms with van der Waals surface area (Å²) in [6.07, 6.45) is 3.42. The van der Waals surface area contributed by atoms with E-state index in [0.717, 1.165) is 0 Å². The number of H-pyrrole nitrogens is 1. The minimum atomic E-state index is -2.75. The molecule has 2 unspecified atom stereocenters. The largest absolute Gasteiger partial charge is 0.447 e. The van der Waals surface area contributed by atoms with Crippen LogP contribution in [0.15, 0.2) is 66.2 Å². The van der Waals surface area contributed by atoms with Crippen LogP contribution in [0.2, 0.25) is 5.02 Å². The Kier molecular flexibility index (Phi) is 7.20. The number of nitrogens with zero attached hydrogens (tertiary/aromatic N) is 7. The number of aromatic nitrogens is 5. The van der Waals surface area contributed by atoms with Crippen LogP contribution in [0.5, 0.6) is 0 Å². The molecule has 0 saturated carbocycles. The number of halogens is 3. The molecule has 232 valence electrons. The number of nitrogens with one attached hydrogen (secondary N) is 1. The molecule has 5 heterocycles. The quantitative estimate of drug-likeness (QED) is 0.295. The number of amides is 2. The number of aliphatic imine (C=N–C) groups is 1. The molecule has 13 nitrogen and oxygen atoms in total. The number of rotatable bonds is 8. The summed E-state index contributed by atoms with van der Waals surface area (Å²) < 4.78 is 37.5. The molecule has 0 radical (unpaired) electrons. The van der Waals surface area contributed by atoms with Crippen molar-refractivity contribution in [3.8, 4) is 22.5 Å². The molecule has 2 fully saturated rings. The highest BCUT2D eigenvalue weighted by molar-refractivity contribution is 6.33. The summed E-state index contributed by atoms with van der Waals surface area (Å²) >= 11 is 6.47. The van der Waals surface area contributed by atoms with Gasteiger partial charge in [0.15, 0.2) is 17.8 Å². The summed E-state index contributed by atoms with van der Waals surface area (Å²) in [6.45, 7) is -0.646. The second-order valence-corrected chi connectivity index (χ2v) is 11.6. The van der Waals surface area contributed by atoms with Crippen molar-refractivity contribution < 1.29 is 27.8 Å². The number of alkyl halides is 2. The van der Waals surface area contributed by atoms with E-state index in [1.165, 1.54) is 23.6 Å². The minimum absolute atomic E-state index is 0.00869. The monoisotopic (exact) mass is 637 g/mol. The van der Waals surface area contributed by atoms with E-state index in [1.54, 1.807) is 47.4 Å². The van der Waals surface area contributed by atoms with Crippen molar-refractivity contribution in [1.82, 2.24) is 34.8 Å². The predicted molar refractivity (Wildman–Crippen MR) is 156 cm³/mol. The third-order valence-electron chi connectivity index (χ3n) is 8.19. The number of hydrogen-bond donors (Lipinski definition) is 2. The maximum Gasteiger partial charge on any atom is 0.409 e. The fourth-order valence-corrected chi connectivity index (χ4v) is 5.98. The Morgan fingerprint density at radius 1 is 1.18 bits per heavy atom. The molecule has 3 N–H and O–H groups in total. The Hall–Kier alpha value is -4.89. The third kappa shape index (κ3) is 5.27. The molecule has 3 aliphatic heterocycles. The normalized spacial score (nSPS) is 19.4. The fourth-order valence-electron chi connectivity index (χ4n) is 5.77. The number of carbonyl (C=O) groups excluding carboxylic acids is 2. The van der Waals surface area contributed by atoms with Gasteiger partial charge in [0, 0.05) is 30.4 Å². The maximum atomic E-state index is 13.9. The number of ether oxygens (including phenoxy) is 2. The second kappa shape index (κ2) is 11.2. The molecule has 45 heavy (non-hydrogen) atoms. The van der Waals surface area contributed by atoms with Gasteiger partial charge in [0.05, 0.1) is 35.9 Å². The molecule has 2 saturated heterocycles. The fraction of sp³-hybridized carbons (Fsp3) is 0.310. The van der Waals surface area contributed by atoms with Crippen molar-refractivity contribution in [3.05, 3.63) is 77.3 Å². The first-order chi connectivity index (χ1) is 21.7. The second-order valence-electron chi connectivity index (χ2n) is 11.2. The van der Waals surface area contributed by atoms with Crippen LogP contribution in [0, 0.1) is 5.41 Å². The molecule has 4 aromatic rings. The molecule has 0 bridgehead atoms. The predicted octanol–water partition coefficient (Wildman–Crippen LogP) is 3.79. The summed E-state index contributed by atoms with van der Waals surface area (Å²) in [6, 6.07) is 10.0. The Bertz CT molecular complexity index is 1770. The van der Waals surface area contributed by atoms with Gasteiger partial charge in [-0.1, -0.05) is 41.9 Å². The molecule has 1 spiro atoms. The van der Waals surface area contributed by atoms with Crippen molar-refractivity contribution in [1.29, 1.82) is 0 Å². The van der Waals surface area contributed by atoms with Crippen LogP contribution in [0.1, 0.15) is 29.8 Å². The Balaban J connectivity index is 1.14. The van der Waals surface area contributed by atoms with E-state index in [4.69, 9.17) is 26.8 Å². The third-order valence-corrected chi connectivity index (χ3v) is 8.52. The van der Waals surface area contributed by atoms with Gasteiger partial charge in [0.25, 0.3) is 5.91 Å². The average molecular weight is 638 g/mol. The van der Waals surface area contributed by atoms with E-state index >= 15 is 0 Å². The van der Waals surface area contributed by atoms with Gasteiger partial charge in [-0.15, -0.1) is 0 Å². The van der Waals surface area contributed by atoms with Gasteiger partial charge < -0.3 is 20.1 Å². The van der Waals surface area contributed by atoms with E-state index in [9.17, 15) is 18.4 Å².